The van der Waals surface area contributed by atoms with Crippen molar-refractivity contribution in [2.24, 2.45) is 7.05 Å². The molecule has 0 spiro atoms. The van der Waals surface area contributed by atoms with Crippen LogP contribution in [0.25, 0.3) is 0 Å². The maximum Gasteiger partial charge on any atom is 0.148 e. The van der Waals surface area contributed by atoms with Crippen LogP contribution in [0.1, 0.15) is 18.5 Å². The minimum Gasteiger partial charge on any atom is -0.362 e. The van der Waals surface area contributed by atoms with Gasteiger partial charge in [-0.25, -0.2) is 0 Å². The van der Waals surface area contributed by atoms with Gasteiger partial charge >= 0.3 is 0 Å². The average molecular weight is 270 g/mol. The minimum absolute atomic E-state index is 0.125. The molecule has 90 valence electrons. The van der Waals surface area contributed by atoms with E-state index in [1.54, 1.807) is 10.7 Å². The number of rotatable bonds is 3. The molecule has 1 unspecified atom stereocenters. The van der Waals surface area contributed by atoms with Crippen LogP contribution in [0.4, 0.5) is 5.82 Å². The fraction of sp³-hybridized carbons (Fsp3) is 0.250. The third-order valence-electron chi connectivity index (χ3n) is 2.52. The van der Waals surface area contributed by atoms with Gasteiger partial charge in [-0.3, -0.25) is 4.68 Å². The van der Waals surface area contributed by atoms with E-state index in [0.717, 1.165) is 11.4 Å². The van der Waals surface area contributed by atoms with Crippen molar-refractivity contribution in [3.05, 3.63) is 46.1 Å². The van der Waals surface area contributed by atoms with Gasteiger partial charge in [0.05, 0.1) is 16.1 Å². The van der Waals surface area contributed by atoms with Crippen molar-refractivity contribution in [3.63, 3.8) is 0 Å². The van der Waals surface area contributed by atoms with Crippen molar-refractivity contribution in [2.75, 3.05) is 5.32 Å². The number of nitrogens with one attached hydrogen (secondary N) is 1. The van der Waals surface area contributed by atoms with Gasteiger partial charge in [-0.2, -0.15) is 5.10 Å². The van der Waals surface area contributed by atoms with Crippen molar-refractivity contribution in [1.82, 2.24) is 9.78 Å². The number of hydrogen-bond acceptors (Lipinski definition) is 2. The zero-order valence-corrected chi connectivity index (χ0v) is 11.1. The molecule has 0 saturated carbocycles. The van der Waals surface area contributed by atoms with E-state index in [1.807, 2.05) is 38.4 Å². The quantitative estimate of drug-likeness (QED) is 0.916. The summed E-state index contributed by atoms with van der Waals surface area (Å²) in [6.45, 7) is 2.05. The second-order valence-corrected chi connectivity index (χ2v) is 4.73. The summed E-state index contributed by atoms with van der Waals surface area (Å²) in [5, 5.41) is 8.69. The van der Waals surface area contributed by atoms with Gasteiger partial charge in [-0.1, -0.05) is 29.3 Å². The molecule has 1 N–H and O–H groups in total. The third-order valence-corrected chi connectivity index (χ3v) is 3.26. The molecular weight excluding hydrogens is 257 g/mol. The van der Waals surface area contributed by atoms with Crippen LogP contribution < -0.4 is 5.32 Å². The van der Waals surface area contributed by atoms with Crippen LogP contribution in [-0.2, 0) is 7.05 Å². The van der Waals surface area contributed by atoms with Crippen LogP contribution in [-0.4, -0.2) is 9.78 Å². The van der Waals surface area contributed by atoms with Crippen LogP contribution in [0.15, 0.2) is 30.5 Å². The highest BCUT2D eigenvalue weighted by molar-refractivity contribution is 6.42. The summed E-state index contributed by atoms with van der Waals surface area (Å²) in [4.78, 5) is 0. The minimum atomic E-state index is 0.125. The highest BCUT2D eigenvalue weighted by Gasteiger charge is 2.08. The second kappa shape index (κ2) is 4.98. The first kappa shape index (κ1) is 12.3. The monoisotopic (exact) mass is 269 g/mol. The zero-order valence-electron chi connectivity index (χ0n) is 9.61. The Balaban J connectivity index is 2.14. The fourth-order valence-electron chi connectivity index (χ4n) is 1.58. The predicted molar refractivity (Wildman–Crippen MR) is 71.7 cm³/mol. The molecule has 1 aromatic carbocycles. The van der Waals surface area contributed by atoms with Gasteiger partial charge in [0.25, 0.3) is 0 Å². The lowest BCUT2D eigenvalue weighted by molar-refractivity contribution is 0.760. The van der Waals surface area contributed by atoms with Crippen LogP contribution in [0, 0.1) is 0 Å². The van der Waals surface area contributed by atoms with Crippen molar-refractivity contribution in [2.45, 2.75) is 13.0 Å². The lowest BCUT2D eigenvalue weighted by Gasteiger charge is -2.14. The number of hydrogen-bond donors (Lipinski definition) is 1. The molecule has 3 nitrogen and oxygen atoms in total. The number of aryl methyl sites for hydroxylation is 1. The van der Waals surface area contributed by atoms with Crippen molar-refractivity contribution < 1.29 is 0 Å². The molecule has 1 heterocycles. The zero-order chi connectivity index (χ0) is 12.4. The number of aromatic nitrogens is 2. The Morgan fingerprint density at radius 2 is 2.00 bits per heavy atom. The molecular formula is C12H13Cl2N3. The molecule has 0 aliphatic heterocycles. The van der Waals surface area contributed by atoms with E-state index in [9.17, 15) is 0 Å². The maximum absolute atomic E-state index is 5.99. The number of halogens is 2. The fourth-order valence-corrected chi connectivity index (χ4v) is 1.89. The molecule has 0 fully saturated rings. The van der Waals surface area contributed by atoms with Crippen LogP contribution in [0.2, 0.25) is 10.0 Å². The van der Waals surface area contributed by atoms with E-state index in [2.05, 4.69) is 10.4 Å². The Morgan fingerprint density at radius 3 is 2.59 bits per heavy atom. The SMILES string of the molecule is CC(Nc1ccn(C)n1)c1ccc(Cl)c(Cl)c1. The van der Waals surface area contributed by atoms with Gasteiger partial charge < -0.3 is 5.32 Å². The van der Waals surface area contributed by atoms with E-state index in [-0.39, 0.29) is 6.04 Å². The Hall–Kier alpha value is -1.19. The Morgan fingerprint density at radius 1 is 1.24 bits per heavy atom. The summed E-state index contributed by atoms with van der Waals surface area (Å²) >= 11 is 11.9. The van der Waals surface area contributed by atoms with Gasteiger partial charge in [0.15, 0.2) is 0 Å². The van der Waals surface area contributed by atoms with E-state index in [0.29, 0.717) is 10.0 Å². The van der Waals surface area contributed by atoms with Crippen LogP contribution >= 0.6 is 23.2 Å². The second-order valence-electron chi connectivity index (χ2n) is 3.91. The topological polar surface area (TPSA) is 29.9 Å². The Kier molecular flexibility index (Phi) is 3.60. The van der Waals surface area contributed by atoms with E-state index in [4.69, 9.17) is 23.2 Å². The molecule has 0 bridgehead atoms. The van der Waals surface area contributed by atoms with Gasteiger partial charge in [0.2, 0.25) is 0 Å². The summed E-state index contributed by atoms with van der Waals surface area (Å²) in [6, 6.07) is 7.67. The van der Waals surface area contributed by atoms with Crippen LogP contribution in [0.5, 0.6) is 0 Å². The molecule has 0 saturated heterocycles. The maximum atomic E-state index is 5.99. The summed E-state index contributed by atoms with van der Waals surface area (Å²) in [5.41, 5.74) is 1.07. The van der Waals surface area contributed by atoms with Gasteiger partial charge in [-0.15, -0.1) is 0 Å². The molecule has 0 aliphatic rings. The Labute approximate surface area is 110 Å². The summed E-state index contributed by atoms with van der Waals surface area (Å²) in [6.07, 6.45) is 1.89. The number of nitrogens with zero attached hydrogens (tertiary/aromatic N) is 2. The van der Waals surface area contributed by atoms with Gasteiger partial charge in [-0.05, 0) is 24.6 Å². The standard InChI is InChI=1S/C12H13Cl2N3/c1-8(15-12-5-6-17(2)16-12)9-3-4-10(13)11(14)7-9/h3-8H,1-2H3,(H,15,16). The number of benzene rings is 1. The molecule has 2 rings (SSSR count). The molecule has 5 heteroatoms. The normalized spacial score (nSPS) is 12.5. The van der Waals surface area contributed by atoms with Crippen molar-refractivity contribution in [3.8, 4) is 0 Å². The summed E-state index contributed by atoms with van der Waals surface area (Å²) in [7, 11) is 1.88. The molecule has 1 atom stereocenters. The highest BCUT2D eigenvalue weighted by Crippen LogP contribution is 2.26. The van der Waals surface area contributed by atoms with E-state index in [1.165, 1.54) is 0 Å². The average Bonchev–Trinajstić information content (AvgIpc) is 2.68. The first-order valence-corrected chi connectivity index (χ1v) is 6.03. The van der Waals surface area contributed by atoms with E-state index >= 15 is 0 Å². The molecule has 0 amide bonds. The first-order valence-electron chi connectivity index (χ1n) is 5.27. The Bertz CT molecular complexity index is 522. The lowest BCUT2D eigenvalue weighted by Crippen LogP contribution is -2.07. The number of anilines is 1. The molecule has 0 aliphatic carbocycles. The van der Waals surface area contributed by atoms with Gasteiger partial charge in [0.1, 0.15) is 5.82 Å². The molecule has 2 aromatic rings. The smallest absolute Gasteiger partial charge is 0.148 e. The molecule has 17 heavy (non-hydrogen) atoms. The van der Waals surface area contributed by atoms with Gasteiger partial charge in [0, 0.05) is 19.3 Å². The van der Waals surface area contributed by atoms with Crippen molar-refractivity contribution in [1.29, 1.82) is 0 Å². The predicted octanol–water partition coefficient (Wildman–Crippen LogP) is 3.90. The molecule has 1 aromatic heterocycles. The highest BCUT2D eigenvalue weighted by atomic mass is 35.5. The lowest BCUT2D eigenvalue weighted by atomic mass is 10.1. The van der Waals surface area contributed by atoms with Crippen molar-refractivity contribution >= 4 is 29.0 Å². The third kappa shape index (κ3) is 2.93. The first-order chi connectivity index (χ1) is 8.06. The largest absolute Gasteiger partial charge is 0.362 e. The van der Waals surface area contributed by atoms with Crippen LogP contribution in [0.3, 0.4) is 0 Å². The summed E-state index contributed by atoms with van der Waals surface area (Å²) in [5.74, 6) is 0.839. The van der Waals surface area contributed by atoms with E-state index < -0.39 is 0 Å². The molecule has 0 radical (unpaired) electrons. The summed E-state index contributed by atoms with van der Waals surface area (Å²) < 4.78 is 1.75.